The number of benzene rings is 1. The summed E-state index contributed by atoms with van der Waals surface area (Å²) >= 11 is 3.02. The molecule has 0 radical (unpaired) electrons. The van der Waals surface area contributed by atoms with E-state index < -0.39 is 21.8 Å². The van der Waals surface area contributed by atoms with E-state index in [9.17, 15) is 21.6 Å². The number of hydrogen-bond donors (Lipinski definition) is 2. The molecule has 0 unspecified atom stereocenters. The van der Waals surface area contributed by atoms with Crippen LogP contribution in [0.4, 0.5) is 18.9 Å². The molecule has 0 atom stereocenters. The van der Waals surface area contributed by atoms with Gasteiger partial charge in [-0.2, -0.15) is 13.2 Å². The summed E-state index contributed by atoms with van der Waals surface area (Å²) in [7, 11) is -3.69. The van der Waals surface area contributed by atoms with Crippen LogP contribution in [-0.2, 0) is 16.2 Å². The second-order valence-corrected chi connectivity index (χ2v) is 6.81. The molecule has 9 heteroatoms. The average Bonchev–Trinajstić information content (AvgIpc) is 2.30. The third-order valence-corrected chi connectivity index (χ3v) is 4.47. The van der Waals surface area contributed by atoms with Crippen LogP contribution in [0.15, 0.2) is 22.7 Å². The third kappa shape index (κ3) is 5.29. The molecule has 0 fully saturated rings. The summed E-state index contributed by atoms with van der Waals surface area (Å²) in [6.45, 7) is 0.364. The summed E-state index contributed by atoms with van der Waals surface area (Å²) in [5, 5.41) is 0. The monoisotopic (exact) mass is 374 g/mol. The van der Waals surface area contributed by atoms with Gasteiger partial charge in [0.25, 0.3) is 0 Å². The Kier molecular flexibility index (Phi) is 5.84. The Bertz CT molecular complexity index is 561. The molecule has 0 saturated heterocycles. The molecule has 1 aromatic carbocycles. The SMILES string of the molecule is NCCCCS(=O)(=O)Nc1cc(C(F)(F)F)ccc1Br. The van der Waals surface area contributed by atoms with Crippen molar-refractivity contribution in [2.24, 2.45) is 5.73 Å². The molecule has 114 valence electrons. The molecule has 1 aromatic rings. The zero-order valence-electron chi connectivity index (χ0n) is 10.4. The lowest BCUT2D eigenvalue weighted by atomic mass is 10.2. The minimum Gasteiger partial charge on any atom is -0.330 e. The van der Waals surface area contributed by atoms with Crippen LogP contribution in [0.2, 0.25) is 0 Å². The standard InChI is InChI=1S/C11H14BrF3N2O2S/c12-9-4-3-8(11(13,14)15)7-10(9)17-20(18,19)6-2-1-5-16/h3-4,7,17H,1-2,5-6,16H2. The number of alkyl halides is 3. The van der Waals surface area contributed by atoms with E-state index in [0.717, 1.165) is 18.2 Å². The maximum absolute atomic E-state index is 12.6. The summed E-state index contributed by atoms with van der Waals surface area (Å²) in [5.41, 5.74) is 4.21. The number of sulfonamides is 1. The minimum atomic E-state index is -4.53. The number of anilines is 1. The Hall–Kier alpha value is -0.800. The van der Waals surface area contributed by atoms with Gasteiger partial charge in [-0.3, -0.25) is 4.72 Å². The van der Waals surface area contributed by atoms with Crippen LogP contribution < -0.4 is 10.5 Å². The van der Waals surface area contributed by atoms with Crippen LogP contribution in [-0.4, -0.2) is 20.7 Å². The lowest BCUT2D eigenvalue weighted by Gasteiger charge is -2.13. The summed E-state index contributed by atoms with van der Waals surface area (Å²) in [6.07, 6.45) is -3.65. The van der Waals surface area contributed by atoms with Gasteiger partial charge in [0.1, 0.15) is 0 Å². The predicted molar refractivity (Wildman–Crippen MR) is 74.8 cm³/mol. The first kappa shape index (κ1) is 17.3. The van der Waals surface area contributed by atoms with Crippen molar-refractivity contribution in [2.45, 2.75) is 19.0 Å². The van der Waals surface area contributed by atoms with Gasteiger partial charge in [-0.15, -0.1) is 0 Å². The smallest absolute Gasteiger partial charge is 0.330 e. The maximum Gasteiger partial charge on any atom is 0.416 e. The van der Waals surface area contributed by atoms with Gasteiger partial charge in [0.05, 0.1) is 17.0 Å². The number of hydrogen-bond acceptors (Lipinski definition) is 3. The maximum atomic E-state index is 12.6. The highest BCUT2D eigenvalue weighted by molar-refractivity contribution is 9.10. The van der Waals surface area contributed by atoms with Crippen molar-refractivity contribution in [3.8, 4) is 0 Å². The van der Waals surface area contributed by atoms with Gasteiger partial charge in [-0.05, 0) is 53.5 Å². The highest BCUT2D eigenvalue weighted by Crippen LogP contribution is 2.34. The van der Waals surface area contributed by atoms with Crippen LogP contribution in [0.1, 0.15) is 18.4 Å². The molecule has 1 rings (SSSR count). The molecule has 4 nitrogen and oxygen atoms in total. The summed E-state index contributed by atoms with van der Waals surface area (Å²) in [4.78, 5) is 0. The Balaban J connectivity index is 2.91. The van der Waals surface area contributed by atoms with E-state index in [0.29, 0.717) is 19.4 Å². The van der Waals surface area contributed by atoms with Crippen molar-refractivity contribution in [3.05, 3.63) is 28.2 Å². The molecule has 0 amide bonds. The summed E-state index contributed by atoms with van der Waals surface area (Å²) in [6, 6.07) is 2.78. The second-order valence-electron chi connectivity index (χ2n) is 4.11. The fourth-order valence-electron chi connectivity index (χ4n) is 1.43. The first-order valence-electron chi connectivity index (χ1n) is 5.73. The molecular formula is C11H14BrF3N2O2S. The zero-order valence-corrected chi connectivity index (χ0v) is 12.8. The Labute approximate surface area is 123 Å². The topological polar surface area (TPSA) is 72.2 Å². The van der Waals surface area contributed by atoms with E-state index in [1.807, 2.05) is 0 Å². The molecular weight excluding hydrogens is 361 g/mol. The quantitative estimate of drug-likeness (QED) is 0.751. The van der Waals surface area contributed by atoms with Crippen LogP contribution in [0.3, 0.4) is 0 Å². The molecule has 0 saturated carbocycles. The molecule has 3 N–H and O–H groups in total. The van der Waals surface area contributed by atoms with Crippen molar-refractivity contribution < 1.29 is 21.6 Å². The van der Waals surface area contributed by atoms with E-state index in [2.05, 4.69) is 20.7 Å². The number of rotatable bonds is 6. The Morgan fingerprint density at radius 3 is 2.45 bits per heavy atom. The highest BCUT2D eigenvalue weighted by Gasteiger charge is 2.31. The van der Waals surface area contributed by atoms with Crippen molar-refractivity contribution in [3.63, 3.8) is 0 Å². The summed E-state index contributed by atoms with van der Waals surface area (Å²) in [5.74, 6) is -0.188. The van der Waals surface area contributed by atoms with E-state index in [1.165, 1.54) is 0 Å². The van der Waals surface area contributed by atoms with Crippen LogP contribution in [0, 0.1) is 0 Å². The first-order chi connectivity index (χ1) is 9.15. The van der Waals surface area contributed by atoms with E-state index >= 15 is 0 Å². The van der Waals surface area contributed by atoms with Gasteiger partial charge >= 0.3 is 6.18 Å². The second kappa shape index (κ2) is 6.77. The Morgan fingerprint density at radius 1 is 1.25 bits per heavy atom. The van der Waals surface area contributed by atoms with Crippen molar-refractivity contribution in [1.82, 2.24) is 0 Å². The van der Waals surface area contributed by atoms with Gasteiger partial charge in [0.15, 0.2) is 0 Å². The van der Waals surface area contributed by atoms with Crippen LogP contribution in [0.5, 0.6) is 0 Å². The van der Waals surface area contributed by atoms with E-state index in [-0.39, 0.29) is 15.9 Å². The van der Waals surface area contributed by atoms with Gasteiger partial charge in [-0.1, -0.05) is 0 Å². The van der Waals surface area contributed by atoms with E-state index in [1.54, 1.807) is 0 Å². The Morgan fingerprint density at radius 2 is 1.90 bits per heavy atom. The fourth-order valence-corrected chi connectivity index (χ4v) is 3.10. The van der Waals surface area contributed by atoms with Crippen LogP contribution in [0.25, 0.3) is 0 Å². The normalized spacial score (nSPS) is 12.4. The van der Waals surface area contributed by atoms with Crippen molar-refractivity contribution >= 4 is 31.6 Å². The zero-order chi connectivity index (χ0) is 15.4. The lowest BCUT2D eigenvalue weighted by molar-refractivity contribution is -0.137. The van der Waals surface area contributed by atoms with Gasteiger partial charge in [0, 0.05) is 4.47 Å². The van der Waals surface area contributed by atoms with Gasteiger partial charge in [-0.25, -0.2) is 8.42 Å². The van der Waals surface area contributed by atoms with Gasteiger partial charge in [0.2, 0.25) is 10.0 Å². The number of unbranched alkanes of at least 4 members (excludes halogenated alkanes) is 1. The molecule has 0 aliphatic rings. The highest BCUT2D eigenvalue weighted by atomic mass is 79.9. The molecule has 0 bridgehead atoms. The first-order valence-corrected chi connectivity index (χ1v) is 8.17. The van der Waals surface area contributed by atoms with Crippen molar-refractivity contribution in [1.29, 1.82) is 0 Å². The molecule has 0 heterocycles. The number of halogens is 4. The molecule has 0 aliphatic carbocycles. The summed E-state index contributed by atoms with van der Waals surface area (Å²) < 4.78 is 63.6. The fraction of sp³-hybridized carbons (Fsp3) is 0.455. The number of nitrogens with two attached hydrogens (primary N) is 1. The van der Waals surface area contributed by atoms with Crippen LogP contribution >= 0.6 is 15.9 Å². The number of nitrogens with one attached hydrogen (secondary N) is 1. The minimum absolute atomic E-state index is 0.132. The van der Waals surface area contributed by atoms with Gasteiger partial charge < -0.3 is 5.73 Å². The third-order valence-electron chi connectivity index (χ3n) is 2.43. The van der Waals surface area contributed by atoms with E-state index in [4.69, 9.17) is 5.73 Å². The largest absolute Gasteiger partial charge is 0.416 e. The van der Waals surface area contributed by atoms with Crippen molar-refractivity contribution in [2.75, 3.05) is 17.0 Å². The molecule has 0 aromatic heterocycles. The molecule has 20 heavy (non-hydrogen) atoms. The predicted octanol–water partition coefficient (Wildman–Crippen LogP) is 2.95. The molecule has 0 aliphatic heterocycles. The average molecular weight is 375 g/mol. The lowest BCUT2D eigenvalue weighted by Crippen LogP contribution is -2.18. The molecule has 0 spiro atoms.